The summed E-state index contributed by atoms with van der Waals surface area (Å²) in [4.78, 5) is 27.8. The summed E-state index contributed by atoms with van der Waals surface area (Å²) in [6.45, 7) is 3.09. The van der Waals surface area contributed by atoms with Crippen molar-refractivity contribution in [1.29, 1.82) is 0 Å². The average Bonchev–Trinajstić information content (AvgIpc) is 3.58. The molecule has 29 heavy (non-hydrogen) atoms. The predicted octanol–water partition coefficient (Wildman–Crippen LogP) is 4.26. The molecule has 2 amide bonds. The second-order valence-corrected chi connectivity index (χ2v) is 6.94. The Morgan fingerprint density at radius 3 is 2.24 bits per heavy atom. The van der Waals surface area contributed by atoms with Gasteiger partial charge in [-0.25, -0.2) is 4.90 Å². The SMILES string of the molecule is Cc1ccc(C(=O)N(C(=O)c2ccccc2)c2cccc(OCC3CO3)c2)cc1. The molecule has 0 spiro atoms. The Bertz CT molecular complexity index is 1010. The molecule has 1 unspecified atom stereocenters. The van der Waals surface area contributed by atoms with E-state index in [1.54, 1.807) is 60.7 Å². The molecule has 1 aliphatic rings. The number of aryl methyl sites for hydroxylation is 1. The molecule has 1 fully saturated rings. The molecule has 1 saturated heterocycles. The number of imide groups is 1. The lowest BCUT2D eigenvalue weighted by Gasteiger charge is -2.22. The van der Waals surface area contributed by atoms with Gasteiger partial charge in [0.1, 0.15) is 18.5 Å². The number of benzene rings is 3. The van der Waals surface area contributed by atoms with E-state index in [-0.39, 0.29) is 17.9 Å². The fraction of sp³-hybridized carbons (Fsp3) is 0.167. The van der Waals surface area contributed by atoms with Crippen LogP contribution in [0.3, 0.4) is 0 Å². The first-order chi connectivity index (χ1) is 14.1. The average molecular weight is 387 g/mol. The van der Waals surface area contributed by atoms with Gasteiger partial charge in [0.25, 0.3) is 11.8 Å². The number of rotatable bonds is 6. The molecule has 5 nitrogen and oxygen atoms in total. The number of hydrogen-bond acceptors (Lipinski definition) is 4. The number of carbonyl (C=O) groups is 2. The van der Waals surface area contributed by atoms with Crippen molar-refractivity contribution in [3.05, 3.63) is 95.6 Å². The molecule has 0 saturated carbocycles. The van der Waals surface area contributed by atoms with Crippen molar-refractivity contribution in [2.24, 2.45) is 0 Å². The number of hydrogen-bond donors (Lipinski definition) is 0. The molecule has 0 aromatic heterocycles. The van der Waals surface area contributed by atoms with Crippen molar-refractivity contribution in [2.75, 3.05) is 18.1 Å². The van der Waals surface area contributed by atoms with Gasteiger partial charge >= 0.3 is 0 Å². The molecule has 5 heteroatoms. The maximum Gasteiger partial charge on any atom is 0.265 e. The van der Waals surface area contributed by atoms with Gasteiger partial charge in [0.05, 0.1) is 12.3 Å². The van der Waals surface area contributed by atoms with Crippen molar-refractivity contribution in [3.63, 3.8) is 0 Å². The fourth-order valence-corrected chi connectivity index (χ4v) is 2.93. The number of carbonyl (C=O) groups excluding carboxylic acids is 2. The summed E-state index contributed by atoms with van der Waals surface area (Å²) in [5.74, 6) is -0.194. The summed E-state index contributed by atoms with van der Waals surface area (Å²) in [6.07, 6.45) is 0.120. The molecule has 4 rings (SSSR count). The van der Waals surface area contributed by atoms with E-state index in [1.807, 2.05) is 25.1 Å². The van der Waals surface area contributed by atoms with Crippen LogP contribution in [0.4, 0.5) is 5.69 Å². The van der Waals surface area contributed by atoms with E-state index in [0.717, 1.165) is 5.56 Å². The van der Waals surface area contributed by atoms with Gasteiger partial charge in [-0.15, -0.1) is 0 Å². The third-order valence-electron chi connectivity index (χ3n) is 4.64. The van der Waals surface area contributed by atoms with E-state index in [9.17, 15) is 9.59 Å². The number of ether oxygens (including phenoxy) is 2. The molecule has 0 aliphatic carbocycles. The lowest BCUT2D eigenvalue weighted by molar-refractivity contribution is 0.0897. The largest absolute Gasteiger partial charge is 0.491 e. The predicted molar refractivity (Wildman–Crippen MR) is 110 cm³/mol. The van der Waals surface area contributed by atoms with Crippen LogP contribution in [0.25, 0.3) is 0 Å². The second-order valence-electron chi connectivity index (χ2n) is 6.94. The molecule has 1 aliphatic heterocycles. The van der Waals surface area contributed by atoms with Crippen LogP contribution in [0, 0.1) is 6.92 Å². The lowest BCUT2D eigenvalue weighted by atomic mass is 10.1. The van der Waals surface area contributed by atoms with Crippen LogP contribution in [0.1, 0.15) is 26.3 Å². The standard InChI is InChI=1S/C24H21NO4/c1-17-10-12-19(13-11-17)24(27)25(23(26)18-6-3-2-4-7-18)20-8-5-9-21(14-20)28-15-22-16-29-22/h2-14,22H,15-16H2,1H3. The highest BCUT2D eigenvalue weighted by atomic mass is 16.6. The highest BCUT2D eigenvalue weighted by molar-refractivity contribution is 6.25. The first-order valence-corrected chi connectivity index (χ1v) is 9.47. The van der Waals surface area contributed by atoms with E-state index in [1.165, 1.54) is 4.90 Å². The van der Waals surface area contributed by atoms with Crippen LogP contribution in [-0.4, -0.2) is 31.1 Å². The maximum atomic E-state index is 13.3. The summed E-state index contributed by atoms with van der Waals surface area (Å²) in [5.41, 5.74) is 2.38. The Hall–Kier alpha value is -3.44. The Labute approximate surface area is 169 Å². The van der Waals surface area contributed by atoms with Crippen molar-refractivity contribution in [2.45, 2.75) is 13.0 Å². The van der Waals surface area contributed by atoms with Gasteiger partial charge in [0.2, 0.25) is 0 Å². The summed E-state index contributed by atoms with van der Waals surface area (Å²) < 4.78 is 10.9. The molecular formula is C24H21NO4. The van der Waals surface area contributed by atoms with E-state index in [4.69, 9.17) is 9.47 Å². The minimum Gasteiger partial charge on any atom is -0.491 e. The van der Waals surface area contributed by atoms with E-state index < -0.39 is 0 Å². The molecule has 0 radical (unpaired) electrons. The van der Waals surface area contributed by atoms with Gasteiger partial charge in [-0.2, -0.15) is 0 Å². The topological polar surface area (TPSA) is 59.1 Å². The molecule has 1 heterocycles. The Kier molecular flexibility index (Phi) is 5.40. The van der Waals surface area contributed by atoms with Crippen molar-refractivity contribution >= 4 is 17.5 Å². The smallest absolute Gasteiger partial charge is 0.265 e. The Morgan fingerprint density at radius 2 is 1.59 bits per heavy atom. The lowest BCUT2D eigenvalue weighted by Crippen LogP contribution is -2.37. The maximum absolute atomic E-state index is 13.3. The van der Waals surface area contributed by atoms with Crippen LogP contribution < -0.4 is 9.64 Å². The number of epoxide rings is 1. The zero-order chi connectivity index (χ0) is 20.2. The van der Waals surface area contributed by atoms with Crippen LogP contribution >= 0.6 is 0 Å². The third-order valence-corrected chi connectivity index (χ3v) is 4.64. The zero-order valence-corrected chi connectivity index (χ0v) is 16.1. The van der Waals surface area contributed by atoms with Crippen LogP contribution in [-0.2, 0) is 4.74 Å². The van der Waals surface area contributed by atoms with Crippen molar-refractivity contribution in [3.8, 4) is 5.75 Å². The fourth-order valence-electron chi connectivity index (χ4n) is 2.93. The first kappa shape index (κ1) is 18.9. The Morgan fingerprint density at radius 1 is 0.931 bits per heavy atom. The van der Waals surface area contributed by atoms with E-state index in [0.29, 0.717) is 35.8 Å². The van der Waals surface area contributed by atoms with Gasteiger partial charge < -0.3 is 9.47 Å². The molecular weight excluding hydrogens is 366 g/mol. The van der Waals surface area contributed by atoms with E-state index >= 15 is 0 Å². The van der Waals surface area contributed by atoms with E-state index in [2.05, 4.69) is 0 Å². The quantitative estimate of drug-likeness (QED) is 0.468. The Balaban J connectivity index is 1.69. The molecule has 1 atom stereocenters. The summed E-state index contributed by atoms with van der Waals surface area (Å²) in [6, 6.07) is 22.9. The molecule has 0 bridgehead atoms. The minimum absolute atomic E-state index is 0.120. The highest BCUT2D eigenvalue weighted by Crippen LogP contribution is 2.26. The van der Waals surface area contributed by atoms with Gasteiger partial charge in [0.15, 0.2) is 0 Å². The minimum atomic E-state index is -0.390. The van der Waals surface area contributed by atoms with Crippen LogP contribution in [0.5, 0.6) is 5.75 Å². The first-order valence-electron chi connectivity index (χ1n) is 9.47. The molecule has 3 aromatic rings. The monoisotopic (exact) mass is 387 g/mol. The summed E-state index contributed by atoms with van der Waals surface area (Å²) in [7, 11) is 0. The molecule has 0 N–H and O–H groups in total. The van der Waals surface area contributed by atoms with Crippen molar-refractivity contribution in [1.82, 2.24) is 0 Å². The van der Waals surface area contributed by atoms with Crippen molar-refractivity contribution < 1.29 is 19.1 Å². The van der Waals surface area contributed by atoms with Crippen LogP contribution in [0.2, 0.25) is 0 Å². The molecule has 3 aromatic carbocycles. The van der Waals surface area contributed by atoms with Crippen LogP contribution in [0.15, 0.2) is 78.9 Å². The normalized spacial score (nSPS) is 14.9. The van der Waals surface area contributed by atoms with Gasteiger partial charge in [0, 0.05) is 17.2 Å². The summed E-state index contributed by atoms with van der Waals surface area (Å²) in [5, 5.41) is 0. The number of anilines is 1. The highest BCUT2D eigenvalue weighted by Gasteiger charge is 2.27. The van der Waals surface area contributed by atoms with Gasteiger partial charge in [-0.1, -0.05) is 42.0 Å². The second kappa shape index (κ2) is 8.29. The third kappa shape index (κ3) is 4.52. The number of amides is 2. The van der Waals surface area contributed by atoms with Gasteiger partial charge in [-0.3, -0.25) is 9.59 Å². The summed E-state index contributed by atoms with van der Waals surface area (Å²) >= 11 is 0. The van der Waals surface area contributed by atoms with Gasteiger partial charge in [-0.05, 0) is 43.3 Å². The molecule has 146 valence electrons. The zero-order valence-electron chi connectivity index (χ0n) is 16.1. The number of nitrogens with zero attached hydrogens (tertiary/aromatic N) is 1.